The molecule has 2 N–H and O–H groups in total. The number of rotatable bonds is 6. The third-order valence-corrected chi connectivity index (χ3v) is 5.04. The van der Waals surface area contributed by atoms with Gasteiger partial charge in [-0.1, -0.05) is 12.1 Å². The molecule has 0 aliphatic carbocycles. The molecule has 2 aromatic heterocycles. The van der Waals surface area contributed by atoms with E-state index >= 15 is 0 Å². The van der Waals surface area contributed by atoms with Crippen LogP contribution in [0.3, 0.4) is 0 Å². The van der Waals surface area contributed by atoms with E-state index < -0.39 is 23.3 Å². The van der Waals surface area contributed by atoms with Crippen LogP contribution >= 0.6 is 11.3 Å². The zero-order chi connectivity index (χ0) is 21.8. The molecule has 0 spiro atoms. The molecule has 156 valence electrons. The summed E-state index contributed by atoms with van der Waals surface area (Å²) in [4.78, 5) is 37.5. The number of aromatic nitrogens is 4. The summed E-state index contributed by atoms with van der Waals surface area (Å²) in [6.45, 7) is -0.377. The molecule has 2 aromatic carbocycles. The van der Waals surface area contributed by atoms with Gasteiger partial charge in [-0.15, -0.1) is 11.3 Å². The topological polar surface area (TPSA) is 111 Å². The lowest BCUT2D eigenvalue weighted by atomic mass is 10.1. The first-order valence-electron chi connectivity index (χ1n) is 9.04. The highest BCUT2D eigenvalue weighted by Gasteiger charge is 2.16. The van der Waals surface area contributed by atoms with Gasteiger partial charge in [0, 0.05) is 5.69 Å². The van der Waals surface area contributed by atoms with Crippen LogP contribution in [0, 0.1) is 5.82 Å². The average Bonchev–Trinajstić information content (AvgIpc) is 3.40. The van der Waals surface area contributed by atoms with Crippen molar-refractivity contribution in [2.75, 3.05) is 10.6 Å². The molecule has 11 heteroatoms. The van der Waals surface area contributed by atoms with E-state index in [0.29, 0.717) is 10.7 Å². The van der Waals surface area contributed by atoms with E-state index in [1.54, 1.807) is 35.7 Å². The van der Waals surface area contributed by atoms with Crippen molar-refractivity contribution >= 4 is 34.5 Å². The number of hydrogen-bond donors (Lipinski definition) is 2. The molecule has 4 aromatic rings. The molecule has 2 heterocycles. The van der Waals surface area contributed by atoms with Crippen molar-refractivity contribution in [3.05, 3.63) is 87.9 Å². The van der Waals surface area contributed by atoms with Gasteiger partial charge in [0.15, 0.2) is 0 Å². The Morgan fingerprint density at radius 1 is 0.968 bits per heavy atom. The molecular weight excluding hydrogens is 423 g/mol. The van der Waals surface area contributed by atoms with Crippen LogP contribution in [0.5, 0.6) is 0 Å². The van der Waals surface area contributed by atoms with Crippen molar-refractivity contribution in [1.82, 2.24) is 19.8 Å². The van der Waals surface area contributed by atoms with Crippen LogP contribution in [0.4, 0.5) is 15.8 Å². The van der Waals surface area contributed by atoms with Gasteiger partial charge in [0.05, 0.1) is 11.3 Å². The summed E-state index contributed by atoms with van der Waals surface area (Å²) < 4.78 is 15.1. The maximum atomic E-state index is 13.0. The third kappa shape index (κ3) is 4.56. The molecule has 2 amide bonds. The largest absolute Gasteiger partial charge is 0.369 e. The van der Waals surface area contributed by atoms with Crippen LogP contribution in [0.1, 0.15) is 10.4 Å². The Balaban J connectivity index is 1.47. The number of halogens is 1. The first kappa shape index (κ1) is 20.2. The minimum atomic E-state index is -0.556. The van der Waals surface area contributed by atoms with Gasteiger partial charge >= 0.3 is 5.69 Å². The molecule has 31 heavy (non-hydrogen) atoms. The van der Waals surface area contributed by atoms with Gasteiger partial charge < -0.3 is 10.6 Å². The van der Waals surface area contributed by atoms with E-state index in [-0.39, 0.29) is 17.8 Å². The molecule has 0 atom stereocenters. The van der Waals surface area contributed by atoms with Crippen molar-refractivity contribution in [2.24, 2.45) is 0 Å². The van der Waals surface area contributed by atoms with Gasteiger partial charge in [-0.3, -0.25) is 9.59 Å². The SMILES string of the molecule is O=C(Cn1nnn(-c2cccs2)c1=O)Nc1ccccc1C(=O)Nc1ccc(F)cc1. The summed E-state index contributed by atoms with van der Waals surface area (Å²) in [5.41, 5.74) is 0.310. The summed E-state index contributed by atoms with van der Waals surface area (Å²) >= 11 is 1.31. The quantitative estimate of drug-likeness (QED) is 0.481. The van der Waals surface area contributed by atoms with Gasteiger partial charge in [-0.2, -0.15) is 9.36 Å². The number of carbonyl (C=O) groups excluding carboxylic acids is 2. The highest BCUT2D eigenvalue weighted by molar-refractivity contribution is 7.12. The minimum absolute atomic E-state index is 0.203. The second-order valence-electron chi connectivity index (χ2n) is 6.34. The molecule has 0 saturated carbocycles. The molecule has 0 radical (unpaired) electrons. The molecule has 0 unspecified atom stereocenters. The maximum Gasteiger partial charge on any atom is 0.369 e. The standard InChI is InChI=1S/C20H15FN6O3S/c21-13-7-9-14(10-8-13)22-19(29)15-4-1-2-5-16(15)23-17(28)12-26-20(30)27(25-24-26)18-6-3-11-31-18/h1-11H,12H2,(H,22,29)(H,23,28). The number of benzene rings is 2. The number of nitrogens with zero attached hydrogens (tertiary/aromatic N) is 4. The van der Waals surface area contributed by atoms with Crippen LogP contribution in [-0.4, -0.2) is 31.6 Å². The fourth-order valence-electron chi connectivity index (χ4n) is 2.75. The summed E-state index contributed by atoms with van der Waals surface area (Å²) in [6.07, 6.45) is 0. The van der Waals surface area contributed by atoms with Crippen molar-refractivity contribution < 1.29 is 14.0 Å². The van der Waals surface area contributed by atoms with Gasteiger partial charge in [0.25, 0.3) is 5.91 Å². The predicted octanol–water partition coefficient (Wildman–Crippen LogP) is 2.52. The second kappa shape index (κ2) is 8.71. The Labute approximate surface area is 178 Å². The average molecular weight is 438 g/mol. The molecule has 0 saturated heterocycles. The summed E-state index contributed by atoms with van der Waals surface area (Å²) in [7, 11) is 0. The van der Waals surface area contributed by atoms with Gasteiger partial charge in [0.1, 0.15) is 17.4 Å². The number of amides is 2. The first-order valence-corrected chi connectivity index (χ1v) is 9.92. The molecular formula is C20H15FN6O3S. The van der Waals surface area contributed by atoms with Gasteiger partial charge in [0.2, 0.25) is 5.91 Å². The predicted molar refractivity (Wildman–Crippen MR) is 113 cm³/mol. The highest BCUT2D eigenvalue weighted by Crippen LogP contribution is 2.18. The molecule has 0 aliphatic rings. The Hall–Kier alpha value is -4.12. The number of carbonyl (C=O) groups is 2. The van der Waals surface area contributed by atoms with Crippen molar-refractivity contribution in [3.63, 3.8) is 0 Å². The van der Waals surface area contributed by atoms with Crippen molar-refractivity contribution in [2.45, 2.75) is 6.54 Å². The van der Waals surface area contributed by atoms with Crippen LogP contribution in [0.15, 0.2) is 70.8 Å². The smallest absolute Gasteiger partial charge is 0.324 e. The molecule has 0 fully saturated rings. The fraction of sp³-hybridized carbons (Fsp3) is 0.0500. The summed E-state index contributed by atoms with van der Waals surface area (Å²) in [6, 6.07) is 15.2. The monoisotopic (exact) mass is 438 g/mol. The number of nitrogens with one attached hydrogen (secondary N) is 2. The second-order valence-corrected chi connectivity index (χ2v) is 7.26. The molecule has 4 rings (SSSR count). The number of hydrogen-bond acceptors (Lipinski definition) is 6. The van der Waals surface area contributed by atoms with E-state index in [0.717, 1.165) is 9.36 Å². The normalized spacial score (nSPS) is 10.6. The Morgan fingerprint density at radius 2 is 1.74 bits per heavy atom. The van der Waals surface area contributed by atoms with Crippen molar-refractivity contribution in [1.29, 1.82) is 0 Å². The number of thiophene rings is 1. The third-order valence-electron chi connectivity index (χ3n) is 4.20. The van der Waals surface area contributed by atoms with Gasteiger partial charge in [-0.25, -0.2) is 9.18 Å². The van der Waals surface area contributed by atoms with Gasteiger partial charge in [-0.05, 0) is 64.3 Å². The minimum Gasteiger partial charge on any atom is -0.324 e. The lowest BCUT2D eigenvalue weighted by molar-refractivity contribution is -0.117. The van der Waals surface area contributed by atoms with Crippen LogP contribution in [-0.2, 0) is 11.3 Å². The fourth-order valence-corrected chi connectivity index (χ4v) is 3.42. The zero-order valence-corrected chi connectivity index (χ0v) is 16.7. The van der Waals surface area contributed by atoms with E-state index in [1.165, 1.54) is 41.7 Å². The molecule has 0 aliphatic heterocycles. The lowest BCUT2D eigenvalue weighted by Gasteiger charge is -2.11. The van der Waals surface area contributed by atoms with Crippen molar-refractivity contribution in [3.8, 4) is 5.00 Å². The van der Waals surface area contributed by atoms with E-state index in [4.69, 9.17) is 0 Å². The Bertz CT molecular complexity index is 1280. The maximum absolute atomic E-state index is 13.0. The number of tetrazole rings is 1. The highest BCUT2D eigenvalue weighted by atomic mass is 32.1. The zero-order valence-electron chi connectivity index (χ0n) is 15.9. The van der Waals surface area contributed by atoms with Crippen LogP contribution < -0.4 is 16.3 Å². The first-order chi connectivity index (χ1) is 15.0. The van der Waals surface area contributed by atoms with E-state index in [1.807, 2.05) is 0 Å². The van der Waals surface area contributed by atoms with Crippen LogP contribution in [0.25, 0.3) is 5.00 Å². The number of para-hydroxylation sites is 1. The lowest BCUT2D eigenvalue weighted by Crippen LogP contribution is -2.30. The summed E-state index contributed by atoms with van der Waals surface area (Å²) in [5, 5.41) is 15.1. The molecule has 9 nitrogen and oxygen atoms in total. The van der Waals surface area contributed by atoms with E-state index in [9.17, 15) is 18.8 Å². The van der Waals surface area contributed by atoms with E-state index in [2.05, 4.69) is 21.1 Å². The summed E-state index contributed by atoms with van der Waals surface area (Å²) in [5.74, 6) is -1.46. The van der Waals surface area contributed by atoms with Crippen LogP contribution in [0.2, 0.25) is 0 Å². The molecule has 0 bridgehead atoms. The number of anilines is 2. The Kier molecular flexibility index (Phi) is 5.67. The Morgan fingerprint density at radius 3 is 2.48 bits per heavy atom.